The second kappa shape index (κ2) is 35.9. The van der Waals surface area contributed by atoms with Crippen LogP contribution in [0.15, 0.2) is 176 Å². The zero-order chi connectivity index (χ0) is 78.4. The van der Waals surface area contributed by atoms with E-state index in [1.165, 1.54) is 47.8 Å². The van der Waals surface area contributed by atoms with E-state index in [-0.39, 0.29) is 56.0 Å². The van der Waals surface area contributed by atoms with E-state index in [1.54, 1.807) is 114 Å². The van der Waals surface area contributed by atoms with Gasteiger partial charge >= 0.3 is 35.8 Å². The highest BCUT2D eigenvalue weighted by Gasteiger charge is 2.26. The summed E-state index contributed by atoms with van der Waals surface area (Å²) in [5.74, 6) is -9.04. The molecule has 107 heavy (non-hydrogen) atoms. The Hall–Kier alpha value is -11.7. The lowest BCUT2D eigenvalue weighted by Crippen LogP contribution is -2.06. The van der Waals surface area contributed by atoms with E-state index >= 15 is 0 Å². The fourth-order valence-corrected chi connectivity index (χ4v) is 11.3. The van der Waals surface area contributed by atoms with Crippen LogP contribution >= 0.6 is 81.2 Å². The minimum atomic E-state index is -1.36. The maximum atomic E-state index is 13.5. The van der Waals surface area contributed by atoms with Gasteiger partial charge in [-0.3, -0.25) is 4.57 Å². The summed E-state index contributed by atoms with van der Waals surface area (Å²) in [6, 6.07) is 42.3. The van der Waals surface area contributed by atoms with Crippen LogP contribution in [0.3, 0.4) is 0 Å². The average Bonchev–Trinajstić information content (AvgIpc) is 1.72. The van der Waals surface area contributed by atoms with Gasteiger partial charge in [0, 0.05) is 80.1 Å². The summed E-state index contributed by atoms with van der Waals surface area (Å²) in [6.07, 6.45) is 4.03. The van der Waals surface area contributed by atoms with Gasteiger partial charge in [-0.1, -0.05) is 148 Å². The number of carboxylic acids is 6. The zero-order valence-electron chi connectivity index (χ0n) is 55.6. The molecule has 0 aliphatic carbocycles. The fraction of sp³-hybridized carbons (Fsp3) is 0.0845. The van der Waals surface area contributed by atoms with Crippen molar-refractivity contribution < 1.29 is 77.0 Å². The first-order valence-electron chi connectivity index (χ1n) is 30.3. The van der Waals surface area contributed by atoms with Crippen LogP contribution in [0.1, 0.15) is 70.0 Å². The molecule has 0 saturated heterocycles. The highest BCUT2D eigenvalue weighted by molar-refractivity contribution is 6.35. The van der Waals surface area contributed by atoms with Gasteiger partial charge in [-0.05, 0) is 97.9 Å². The van der Waals surface area contributed by atoms with Gasteiger partial charge in [0.25, 0.3) is 5.82 Å². The van der Waals surface area contributed by atoms with Gasteiger partial charge in [0.15, 0.2) is 33.8 Å². The third kappa shape index (κ3) is 19.1. The van der Waals surface area contributed by atoms with Crippen molar-refractivity contribution in [2.24, 2.45) is 28.2 Å². The lowest BCUT2D eigenvalue weighted by atomic mass is 10.2. The van der Waals surface area contributed by atoms with E-state index in [9.17, 15) is 51.4 Å². The van der Waals surface area contributed by atoms with Gasteiger partial charge in [-0.25, -0.2) is 80.9 Å². The van der Waals surface area contributed by atoms with E-state index in [4.69, 9.17) is 107 Å². The van der Waals surface area contributed by atoms with Crippen LogP contribution in [-0.4, -0.2) is 129 Å². The van der Waals surface area contributed by atoms with Gasteiger partial charge in [0.1, 0.15) is 63.2 Å². The fourth-order valence-electron chi connectivity index (χ4n) is 9.79. The number of aromatic nitrogens is 13. The number of nitrogens with zero attached hydrogens (tertiary/aromatic N) is 13. The topological polar surface area (TPSA) is 344 Å². The molecule has 0 aliphatic heterocycles. The molecule has 0 radical (unpaired) electrons. The molecule has 6 heterocycles. The number of imidazole rings is 5. The highest BCUT2D eigenvalue weighted by atomic mass is 35.5. The van der Waals surface area contributed by atoms with Crippen LogP contribution in [0.25, 0.3) is 74.0 Å². The second-order valence-electron chi connectivity index (χ2n) is 21.7. The molecule has 13 aromatic rings. The second-order valence-corrected chi connectivity index (χ2v) is 24.4. The van der Waals surface area contributed by atoms with Crippen LogP contribution in [0.2, 0.25) is 35.4 Å². The molecule has 6 aromatic heterocycles. The molecule has 7 aromatic carbocycles. The van der Waals surface area contributed by atoms with E-state index in [0.717, 1.165) is 45.3 Å². The average molecular weight is 1600 g/mol. The van der Waals surface area contributed by atoms with Crippen molar-refractivity contribution in [2.45, 2.75) is 13.5 Å². The Kier molecular flexibility index (Phi) is 27.1. The molecule has 36 heteroatoms. The van der Waals surface area contributed by atoms with Crippen molar-refractivity contribution in [1.82, 2.24) is 62.5 Å². The Labute approximate surface area is 637 Å². The molecule has 550 valence electrons. The van der Waals surface area contributed by atoms with Gasteiger partial charge in [0.2, 0.25) is 0 Å². The molecule has 0 aliphatic rings. The number of rotatable bonds is 14. The third-order valence-electron chi connectivity index (χ3n) is 14.8. The molecule has 0 unspecified atom stereocenters. The van der Waals surface area contributed by atoms with Crippen molar-refractivity contribution in [2.75, 3.05) is 0 Å². The summed E-state index contributed by atoms with van der Waals surface area (Å²) >= 11 is 42.0. The van der Waals surface area contributed by atoms with Crippen LogP contribution in [-0.2, 0) is 34.7 Å². The van der Waals surface area contributed by atoms with Crippen molar-refractivity contribution in [3.8, 4) is 74.0 Å². The number of hydrogen-bond donors (Lipinski definition) is 6. The molecule has 0 saturated carbocycles. The normalized spacial score (nSPS) is 10.5. The highest BCUT2D eigenvalue weighted by Crippen LogP contribution is 2.35. The minimum Gasteiger partial charge on any atom is -0.477 e. The van der Waals surface area contributed by atoms with Gasteiger partial charge in [0.05, 0.1) is 37.4 Å². The predicted octanol–water partition coefficient (Wildman–Crippen LogP) is 17.2. The van der Waals surface area contributed by atoms with Crippen LogP contribution in [0.5, 0.6) is 0 Å². The molecule has 0 fully saturated rings. The number of halogens is 11. The standard InChI is InChI=1S/C16H10Cl2N2O2.C12H11ClN2O2.2C11H8Cl2N2O2.C11H8F2N2O2.C10H7F2N3O2/c17-10-4-3-5-11(8-10)20-9-14(16(21)22)19-15(20)12-6-1-2-7-13(12)18;1-2-15-7-10(12(16)17)14-11(15)8-5-3-4-6-9(8)13;1-15-8(11(16)17)9(13)14-10(15)6-4-2-3-5-7(6)12;1-15-9(13)8(11(16)17)14-10(15)6-4-2-3-5-7(6)12;1-15-8(11(16)17)5-14-10(15)9-6(12)3-2-4-7(9)13;1-15-9(13-8(14-15)10(16)17)7-5(11)3-2-4-6(7)12/h1-9H,(H,21,22);3-7H,2H2,1H3,(H,16,17);3*2-5H,1H3,(H,16,17);2-4H,1H3,(H,16,17). The quantitative estimate of drug-likeness (QED) is 0.0551. The molecule has 6 N–H and O–H groups in total. The third-order valence-corrected chi connectivity index (χ3v) is 17.1. The first-order chi connectivity index (χ1) is 50.8. The van der Waals surface area contributed by atoms with Crippen molar-refractivity contribution in [3.05, 3.63) is 269 Å². The van der Waals surface area contributed by atoms with Crippen molar-refractivity contribution in [3.63, 3.8) is 0 Å². The number of aryl methyl sites for hydroxylation is 2. The maximum Gasteiger partial charge on any atom is 0.375 e. The molecule has 0 amide bonds. The number of aromatic carboxylic acids is 6. The molecule has 0 spiro atoms. The Morgan fingerprint density at radius 2 is 0.860 bits per heavy atom. The summed E-state index contributed by atoms with van der Waals surface area (Å²) < 4.78 is 62.4. The molecule has 0 atom stereocenters. The zero-order valence-corrected chi connectivity index (χ0v) is 60.8. The van der Waals surface area contributed by atoms with Crippen molar-refractivity contribution in [1.29, 1.82) is 0 Å². The molecule has 25 nitrogen and oxygen atoms in total. The number of carboxylic acid groups (broad SMARTS) is 6. The number of benzene rings is 7. The van der Waals surface area contributed by atoms with Gasteiger partial charge < -0.3 is 48.9 Å². The number of hydrogen-bond acceptors (Lipinski definition) is 13. The Morgan fingerprint density at radius 1 is 0.421 bits per heavy atom. The molecule has 0 bridgehead atoms. The number of carbonyl (C=O) groups is 6. The summed E-state index contributed by atoms with van der Waals surface area (Å²) in [5.41, 5.74) is 2.27. The van der Waals surface area contributed by atoms with Crippen LogP contribution < -0.4 is 0 Å². The first kappa shape index (κ1) is 81.0. The van der Waals surface area contributed by atoms with E-state index in [1.807, 2.05) is 37.3 Å². The van der Waals surface area contributed by atoms with Crippen molar-refractivity contribution >= 4 is 117 Å². The summed E-state index contributed by atoms with van der Waals surface area (Å²) in [6.45, 7) is 2.56. The monoisotopic (exact) mass is 1600 g/mol. The Bertz CT molecular complexity index is 5390. The van der Waals surface area contributed by atoms with Crippen LogP contribution in [0, 0.1) is 23.3 Å². The predicted molar refractivity (Wildman–Crippen MR) is 391 cm³/mol. The molecule has 13 rings (SSSR count). The lowest BCUT2D eigenvalue weighted by molar-refractivity contribution is 0.0673. The van der Waals surface area contributed by atoms with Gasteiger partial charge in [-0.2, -0.15) is 0 Å². The maximum absolute atomic E-state index is 13.5. The molecular weight excluding hydrogens is 1550 g/mol. The van der Waals surface area contributed by atoms with E-state index in [0.29, 0.717) is 77.3 Å². The van der Waals surface area contributed by atoms with E-state index < -0.39 is 70.5 Å². The first-order valence-corrected chi connectivity index (χ1v) is 33.0. The minimum absolute atomic E-state index is 0.0294. The summed E-state index contributed by atoms with van der Waals surface area (Å²) in [7, 11) is 5.97. The summed E-state index contributed by atoms with van der Waals surface area (Å²) in [5, 5.41) is 59.7. The molecular formula is C71H52Cl7F4N13O12. The lowest BCUT2D eigenvalue weighted by Gasteiger charge is -2.09. The Balaban J connectivity index is 0.000000162. The largest absolute Gasteiger partial charge is 0.477 e. The summed E-state index contributed by atoms with van der Waals surface area (Å²) in [4.78, 5) is 89.1. The van der Waals surface area contributed by atoms with Crippen LogP contribution in [0.4, 0.5) is 17.6 Å². The SMILES string of the molecule is CCn1cc(C(=O)O)nc1-c1ccccc1Cl.Cn1c(-c2ccccc2Cl)nc(C(=O)O)c1Cl.Cn1c(-c2ccccc2Cl)nc(Cl)c1C(=O)O.Cn1c(C(=O)O)cnc1-c1c(F)cccc1F.Cn1nc(C(=O)O)nc1-c1c(F)cccc1F.O=C(O)c1cn(-c2cccc(Cl)c2)c(-c2ccccc2Cl)n1. The van der Waals surface area contributed by atoms with E-state index in [2.05, 4.69) is 35.0 Å². The smallest absolute Gasteiger partial charge is 0.375 e. The van der Waals surface area contributed by atoms with Gasteiger partial charge in [-0.15, -0.1) is 5.10 Å². The Morgan fingerprint density at radius 3 is 1.26 bits per heavy atom.